The fourth-order valence-electron chi connectivity index (χ4n) is 11.9. The summed E-state index contributed by atoms with van der Waals surface area (Å²) in [5.74, 6) is -0.240. The van der Waals surface area contributed by atoms with E-state index >= 15 is 0 Å². The summed E-state index contributed by atoms with van der Waals surface area (Å²) in [5, 5.41) is 25.4. The Morgan fingerprint density at radius 3 is 1.53 bits per heavy atom. The van der Waals surface area contributed by atoms with Crippen molar-refractivity contribution in [2.24, 2.45) is 26.8 Å². The number of unbranched alkanes of at least 4 members (excludes halogenated alkanes) is 4. The average Bonchev–Trinajstić information content (AvgIpc) is 1.65. The van der Waals surface area contributed by atoms with E-state index in [0.717, 1.165) is 45.1 Å². The second-order valence-corrected chi connectivity index (χ2v) is 38.3. The molecule has 0 radical (unpaired) electrons. The number of ether oxygens (including phenoxy) is 3. The van der Waals surface area contributed by atoms with Crippen LogP contribution in [0.15, 0.2) is 97.0 Å². The van der Waals surface area contributed by atoms with Crippen LogP contribution in [0.5, 0.6) is 0 Å². The monoisotopic (exact) mass is 1720 g/mol. The van der Waals surface area contributed by atoms with Gasteiger partial charge in [-0.15, -0.1) is 69.3 Å². The quantitative estimate of drug-likeness (QED) is 0.0113. The van der Waals surface area contributed by atoms with Crippen molar-refractivity contribution in [2.45, 2.75) is 223 Å². The number of thioether (sulfide) groups is 4. The molecular weight excluding hydrogens is 1620 g/mol. The highest BCUT2D eigenvalue weighted by Crippen LogP contribution is 2.38. The van der Waals surface area contributed by atoms with Gasteiger partial charge in [0.05, 0.1) is 38.9 Å². The Morgan fingerprint density at radius 2 is 1.06 bits per heavy atom. The standard InChI is InChI=1S/C29H40N4O5S3.C26H31N5O4S4.C21H28N4O4S3/c1-3-4-5-6-7-13-25(35)39-15-9-8-11-20-16-23(34)30-17-24-31-21(18-40-24)26-32-29(2,19-41-26)28(37)33-14-10-12-22(33)27(36)38-20;1-16(2)22-24(33)35-17(8-5-7-11-38-39-20-9-4-6-10-27-20)12-19(32)28-13-21-29-18(14-36-21)23-31-26(3,15-37-23)25(34)30-22;1-12(2)17-19(27)29-13(6-4-5-7-30)8-15(26)22-9-16-23-14(10-31-16)18-25-21(3,11-32-18)20(28)24-17/h8,11,18,20,22H,3-7,9-10,12-17,19H2,1-2H3,(H,30,34);4-6,8-10,14,16-17,22H,7,11-13,15H2,1-3H3,(H,28,32)(H,30,34);4,6,10,12-13,17,30H,5,7-9,11H2,1-3H3,(H,22,26)(H,24,28)/b11-8+;8-5+;6-4+/t20?,22-,29-;17?,22-,26-;13?,17-,21-/m000/s1. The number of hydrogen-bond acceptors (Lipinski definition) is 30. The van der Waals surface area contributed by atoms with Crippen LogP contribution in [0.4, 0.5) is 0 Å². The molecule has 3 unspecified atom stereocenters. The van der Waals surface area contributed by atoms with Gasteiger partial charge in [0.15, 0.2) is 5.12 Å². The lowest BCUT2D eigenvalue weighted by Gasteiger charge is -2.30. The third-order valence-electron chi connectivity index (χ3n) is 18.3. The number of aliphatic imine (C=N–C) groups is 3. The first-order chi connectivity index (χ1) is 53.7. The Morgan fingerprint density at radius 1 is 0.607 bits per heavy atom. The minimum absolute atomic E-state index is 0.0217. The summed E-state index contributed by atoms with van der Waals surface area (Å²) in [6.45, 7) is 16.1. The fraction of sp³-hybridized carbons (Fsp3) is 0.566. The van der Waals surface area contributed by atoms with Crippen LogP contribution < -0.4 is 26.6 Å². The Labute approximate surface area is 696 Å². The molecule has 6 amide bonds. The lowest BCUT2D eigenvalue weighted by molar-refractivity contribution is -0.158. The van der Waals surface area contributed by atoms with Crippen LogP contribution in [0.25, 0.3) is 0 Å². The Hall–Kier alpha value is -6.38. The van der Waals surface area contributed by atoms with E-state index in [-0.39, 0.29) is 91.3 Å². The van der Waals surface area contributed by atoms with Crippen molar-refractivity contribution in [3.05, 3.63) is 109 Å². The molecule has 0 saturated carbocycles. The summed E-state index contributed by atoms with van der Waals surface area (Å²) >= 11 is 14.2. The van der Waals surface area contributed by atoms with Crippen LogP contribution in [0, 0.1) is 11.8 Å². The smallest absolute Gasteiger partial charge is 0.329 e. The van der Waals surface area contributed by atoms with Crippen molar-refractivity contribution in [1.82, 2.24) is 51.4 Å². The van der Waals surface area contributed by atoms with E-state index in [4.69, 9.17) is 19.2 Å². The van der Waals surface area contributed by atoms with Gasteiger partial charge in [-0.25, -0.2) is 34.3 Å². The number of nitrogens with zero attached hydrogens (tertiary/aromatic N) is 8. The lowest BCUT2D eigenvalue weighted by Crippen LogP contribution is -2.53. The Bertz CT molecular complexity index is 4150. The molecule has 11 heterocycles. The predicted molar refractivity (Wildman–Crippen MR) is 454 cm³/mol. The maximum Gasteiger partial charge on any atom is 0.329 e. The van der Waals surface area contributed by atoms with E-state index < -0.39 is 71.0 Å². The number of pyridine rings is 1. The number of cyclic esters (lactones) is 3. The zero-order valence-corrected chi connectivity index (χ0v) is 72.3. The van der Waals surface area contributed by atoms with Crippen molar-refractivity contribution in [1.29, 1.82) is 0 Å². The summed E-state index contributed by atoms with van der Waals surface area (Å²) in [5.41, 5.74) is -0.903. The average molecular weight is 1720 g/mol. The topological polar surface area (TPSA) is 350 Å². The minimum Gasteiger partial charge on any atom is -0.456 e. The summed E-state index contributed by atoms with van der Waals surface area (Å²) in [6, 6.07) is 3.35. The molecule has 11 rings (SSSR count). The van der Waals surface area contributed by atoms with Gasteiger partial charge in [-0.3, -0.25) is 48.5 Å². The number of thiol groups is 1. The molecule has 0 aliphatic carbocycles. The van der Waals surface area contributed by atoms with Crippen LogP contribution in [0.2, 0.25) is 0 Å². The third-order valence-corrected chi connectivity index (χ3v) is 28.2. The lowest BCUT2D eigenvalue weighted by atomic mass is 10.0. The zero-order chi connectivity index (χ0) is 80.4. The van der Waals surface area contributed by atoms with Gasteiger partial charge in [-0.2, -0.15) is 12.6 Å². The predicted octanol–water partition coefficient (Wildman–Crippen LogP) is 11.5. The van der Waals surface area contributed by atoms with Crippen molar-refractivity contribution in [3.8, 4) is 0 Å². The molecule has 7 aliphatic rings. The SMILES string of the molecule is CC(C)[C@@H]1NC(=O)[C@]2(C)CSC(=N2)c2csc(n2)CNC(=O)CC(/C=C/CCS)OC1=O.CC(C)[C@@H]1NC(=O)[C@]2(C)CSC(=N2)c2csc(n2)CNC(=O)CC(/C=C/CCSSc2ccccn2)OC1=O.CCCCCCCC(=O)SCC/C=C/C1CC(=O)NCc2nc(cs2)C2=N[C@@](C)(CS2)C(=O)N2CCC[C@H]2C(=O)O1. The van der Waals surface area contributed by atoms with Gasteiger partial charge in [0.2, 0.25) is 29.5 Å². The highest BCUT2D eigenvalue weighted by atomic mass is 33.1. The summed E-state index contributed by atoms with van der Waals surface area (Å²) < 4.78 is 17.3. The molecule has 112 heavy (non-hydrogen) atoms. The molecule has 12 bridgehead atoms. The van der Waals surface area contributed by atoms with Gasteiger partial charge in [-0.1, -0.05) is 107 Å². The molecule has 4 aromatic heterocycles. The van der Waals surface area contributed by atoms with Crippen LogP contribution in [0.1, 0.15) is 177 Å². The molecule has 36 heteroatoms. The largest absolute Gasteiger partial charge is 0.456 e. The number of carbonyl (C=O) groups is 10. The number of fused-ring (bicyclic) bond motifs is 13. The van der Waals surface area contributed by atoms with Gasteiger partial charge in [0.1, 0.15) is 105 Å². The van der Waals surface area contributed by atoms with E-state index in [2.05, 4.69) is 76.1 Å². The van der Waals surface area contributed by atoms with Crippen molar-refractivity contribution in [2.75, 3.05) is 41.1 Å². The number of hydrogen-bond donors (Lipinski definition) is 6. The first kappa shape index (κ1) is 89.6. The molecule has 606 valence electrons. The second-order valence-electron chi connectivity index (χ2n) is 28.6. The van der Waals surface area contributed by atoms with E-state index in [1.165, 1.54) is 100 Å². The van der Waals surface area contributed by atoms with Crippen LogP contribution in [0.3, 0.4) is 0 Å². The van der Waals surface area contributed by atoms with E-state index in [1.807, 2.05) is 87.2 Å². The van der Waals surface area contributed by atoms with Crippen molar-refractivity contribution in [3.63, 3.8) is 0 Å². The van der Waals surface area contributed by atoms with Gasteiger partial charge < -0.3 is 45.7 Å². The molecule has 0 aromatic carbocycles. The molecule has 4 aromatic rings. The first-order valence-corrected chi connectivity index (χ1v) is 47.1. The van der Waals surface area contributed by atoms with Gasteiger partial charge in [0, 0.05) is 64.1 Å². The molecule has 9 atom stereocenters. The van der Waals surface area contributed by atoms with Crippen LogP contribution >= 0.6 is 115 Å². The number of allylic oxidation sites excluding steroid dienone is 3. The molecule has 0 spiro atoms. The number of nitrogens with one attached hydrogen (secondary N) is 5. The van der Waals surface area contributed by atoms with Gasteiger partial charge >= 0.3 is 17.9 Å². The minimum atomic E-state index is -1.02. The van der Waals surface area contributed by atoms with Crippen LogP contribution in [-0.2, 0) is 81.8 Å². The molecule has 5 N–H and O–H groups in total. The number of esters is 3. The number of amides is 6. The number of rotatable bonds is 21. The third kappa shape index (κ3) is 26.8. The van der Waals surface area contributed by atoms with E-state index in [9.17, 15) is 47.9 Å². The van der Waals surface area contributed by atoms with Crippen LogP contribution in [-0.4, -0.2) is 193 Å². The maximum atomic E-state index is 13.6. The van der Waals surface area contributed by atoms with Gasteiger partial charge in [-0.05, 0) is 118 Å². The number of carbonyl (C=O) groups excluding carboxylic acids is 10. The molecule has 7 aliphatic heterocycles. The highest BCUT2D eigenvalue weighted by Gasteiger charge is 2.48. The van der Waals surface area contributed by atoms with E-state index in [1.54, 1.807) is 64.8 Å². The fourth-order valence-corrected chi connectivity index (χ4v) is 20.4. The summed E-state index contributed by atoms with van der Waals surface area (Å²) in [6.07, 6.45) is 19.6. The molecular formula is C76H99N13O13S10. The first-order valence-electron chi connectivity index (χ1n) is 37.6. The number of aromatic nitrogens is 4. The summed E-state index contributed by atoms with van der Waals surface area (Å²) in [7, 11) is 3.27. The maximum absolute atomic E-state index is 13.6. The zero-order valence-electron chi connectivity index (χ0n) is 64.1. The number of thiazole rings is 3. The highest BCUT2D eigenvalue weighted by molar-refractivity contribution is 8.76. The Kier molecular flexibility index (Phi) is 35.3. The molecule has 1 saturated heterocycles. The normalized spacial score (nSPS) is 25.5. The Balaban J connectivity index is 0.000000194. The van der Waals surface area contributed by atoms with Crippen molar-refractivity contribution >= 4 is 189 Å². The molecule has 26 nitrogen and oxygen atoms in total. The molecule has 1 fully saturated rings. The van der Waals surface area contributed by atoms with E-state index in [0.29, 0.717) is 99.6 Å². The van der Waals surface area contributed by atoms with Crippen molar-refractivity contribution < 1.29 is 62.2 Å². The summed E-state index contributed by atoms with van der Waals surface area (Å²) in [4.78, 5) is 163. The van der Waals surface area contributed by atoms with Gasteiger partial charge in [0.25, 0.3) is 5.91 Å². The second kappa shape index (κ2) is 44.1.